The highest BCUT2D eigenvalue weighted by Gasteiger charge is 2.52. The lowest BCUT2D eigenvalue weighted by Crippen LogP contribution is -2.57. The minimum atomic E-state index is -4.61. The predicted molar refractivity (Wildman–Crippen MR) is 102 cm³/mol. The van der Waals surface area contributed by atoms with E-state index in [1.54, 1.807) is 13.8 Å². The molecule has 2 aromatic heterocycles. The maximum atomic E-state index is 12.9. The van der Waals surface area contributed by atoms with E-state index in [1.807, 2.05) is 0 Å². The van der Waals surface area contributed by atoms with E-state index in [4.69, 9.17) is 14.2 Å². The Morgan fingerprint density at radius 1 is 1.16 bits per heavy atom. The van der Waals surface area contributed by atoms with Crippen molar-refractivity contribution in [3.63, 3.8) is 0 Å². The average molecular weight is 454 g/mol. The molecule has 4 atom stereocenters. The third kappa shape index (κ3) is 4.95. The Hall–Kier alpha value is -2.90. The topological polar surface area (TPSA) is 120 Å². The van der Waals surface area contributed by atoms with Crippen LogP contribution >= 0.6 is 0 Å². The molecule has 0 aliphatic carbocycles. The van der Waals surface area contributed by atoms with Gasteiger partial charge in [-0.05, 0) is 13.8 Å². The van der Waals surface area contributed by atoms with Crippen molar-refractivity contribution < 1.29 is 32.2 Å². The van der Waals surface area contributed by atoms with Crippen LogP contribution in [-0.2, 0) is 20.4 Å². The fourth-order valence-electron chi connectivity index (χ4n) is 3.59. The smallest absolute Gasteiger partial charge is 0.371 e. The van der Waals surface area contributed by atoms with Crippen LogP contribution in [0.3, 0.4) is 0 Å². The molecule has 2 fully saturated rings. The van der Waals surface area contributed by atoms with Crippen LogP contribution in [0, 0.1) is 0 Å². The molecule has 0 unspecified atom stereocenters. The molecule has 13 heteroatoms. The lowest BCUT2D eigenvalue weighted by atomic mass is 9.98. The number of carbonyl (C=O) groups excluding carboxylic acids is 1. The number of rotatable bonds is 5. The van der Waals surface area contributed by atoms with Gasteiger partial charge in [-0.15, -0.1) is 0 Å². The van der Waals surface area contributed by atoms with Crippen molar-refractivity contribution >= 4 is 11.7 Å². The van der Waals surface area contributed by atoms with Gasteiger partial charge in [0.25, 0.3) is 5.91 Å². The summed E-state index contributed by atoms with van der Waals surface area (Å²) in [5.41, 5.74) is -0.948. The number of carbonyl (C=O) groups is 1. The molecular weight excluding hydrogens is 433 g/mol. The molecule has 2 aliphatic rings. The number of alkyl halides is 3. The molecule has 2 saturated heterocycles. The third-order valence-electron chi connectivity index (χ3n) is 4.93. The number of hydrogen-bond acceptors (Lipinski definition) is 9. The van der Waals surface area contributed by atoms with E-state index in [-0.39, 0.29) is 24.7 Å². The monoisotopic (exact) mass is 454 g/mol. The Bertz CT molecular complexity index is 962. The fraction of sp³-hybridized carbons (Fsp3) is 0.526. The average Bonchev–Trinajstić information content (AvgIpc) is 3.09. The van der Waals surface area contributed by atoms with Crippen molar-refractivity contribution in [2.45, 2.75) is 50.2 Å². The van der Waals surface area contributed by atoms with Crippen molar-refractivity contribution in [1.82, 2.24) is 25.3 Å². The number of aromatic nitrogens is 4. The maximum Gasteiger partial charge on any atom is 0.434 e. The summed E-state index contributed by atoms with van der Waals surface area (Å²) in [4.78, 5) is 27.2. The zero-order valence-corrected chi connectivity index (χ0v) is 17.2. The second-order valence-electron chi connectivity index (χ2n) is 7.78. The first kappa shape index (κ1) is 22.3. The number of hydrogen-bond donors (Lipinski definition) is 2. The molecule has 0 bridgehead atoms. The van der Waals surface area contributed by atoms with Crippen LogP contribution < -0.4 is 10.6 Å². The predicted octanol–water partition coefficient (Wildman–Crippen LogP) is 1.41. The first-order valence-electron chi connectivity index (χ1n) is 9.79. The number of halogens is 3. The molecule has 172 valence electrons. The van der Waals surface area contributed by atoms with Gasteiger partial charge in [-0.3, -0.25) is 14.8 Å². The van der Waals surface area contributed by atoms with Crippen LogP contribution in [0.4, 0.5) is 19.0 Å². The van der Waals surface area contributed by atoms with Gasteiger partial charge in [-0.2, -0.15) is 13.2 Å². The van der Waals surface area contributed by atoms with Gasteiger partial charge in [0, 0.05) is 18.9 Å². The van der Waals surface area contributed by atoms with Crippen molar-refractivity contribution in [1.29, 1.82) is 0 Å². The molecule has 10 nitrogen and oxygen atoms in total. The van der Waals surface area contributed by atoms with E-state index in [0.717, 1.165) is 0 Å². The molecule has 2 N–H and O–H groups in total. The first-order valence-corrected chi connectivity index (χ1v) is 9.79. The summed E-state index contributed by atoms with van der Waals surface area (Å²) in [6.07, 6.45) is -0.257. The second kappa shape index (κ2) is 8.56. The zero-order valence-electron chi connectivity index (χ0n) is 17.2. The third-order valence-corrected chi connectivity index (χ3v) is 4.93. The number of ether oxygens (including phenoxy) is 3. The van der Waals surface area contributed by atoms with Crippen LogP contribution in [0.1, 0.15) is 30.0 Å². The Labute approximate surface area is 180 Å². The molecule has 2 aliphatic heterocycles. The van der Waals surface area contributed by atoms with Crippen molar-refractivity contribution in [2.75, 3.05) is 18.5 Å². The van der Waals surface area contributed by atoms with E-state index in [1.165, 1.54) is 24.8 Å². The number of fused-ring (bicyclic) bond motifs is 1. The van der Waals surface area contributed by atoms with Crippen LogP contribution in [0.25, 0.3) is 0 Å². The van der Waals surface area contributed by atoms with E-state index in [2.05, 4.69) is 30.6 Å². The van der Waals surface area contributed by atoms with E-state index in [0.29, 0.717) is 6.20 Å². The first-order chi connectivity index (χ1) is 15.1. The number of anilines is 1. The lowest BCUT2D eigenvalue weighted by molar-refractivity contribution is -0.153. The zero-order chi connectivity index (χ0) is 22.9. The summed E-state index contributed by atoms with van der Waals surface area (Å²) in [6.45, 7) is 3.65. The van der Waals surface area contributed by atoms with Crippen molar-refractivity contribution in [3.05, 3.63) is 42.4 Å². The Kier molecular flexibility index (Phi) is 5.97. The highest BCUT2D eigenvalue weighted by Crippen LogP contribution is 2.36. The van der Waals surface area contributed by atoms with Crippen LogP contribution in [-0.4, -0.2) is 69.1 Å². The summed E-state index contributed by atoms with van der Waals surface area (Å²) < 4.78 is 56.7. The molecular formula is C19H21F3N6O4. The highest BCUT2D eigenvalue weighted by molar-refractivity contribution is 5.91. The normalized spacial score (nSPS) is 26.9. The second-order valence-corrected chi connectivity index (χ2v) is 7.78. The van der Waals surface area contributed by atoms with Gasteiger partial charge in [0.1, 0.15) is 29.8 Å². The summed E-state index contributed by atoms with van der Waals surface area (Å²) in [7, 11) is 0. The highest BCUT2D eigenvalue weighted by atomic mass is 19.4. The maximum absolute atomic E-state index is 12.9. The standard InChI is InChI=1S/C19H21F3N6O4/c1-18(2)31-15-11(27-14-8-24-7-13(28-14)19(20,21)22)9-30-12(16(15)32-18)6-26-17(29)10-5-23-3-4-25-10/h3-5,7-8,11-12,15-16H,6,9H2,1-2H3,(H,26,29)(H,27,28)/t11-,12+,15+,16-/m0/s1. The Morgan fingerprint density at radius 3 is 2.66 bits per heavy atom. The minimum Gasteiger partial charge on any atom is -0.371 e. The SMILES string of the molecule is CC1(C)O[C@@H]2[C@H](O1)[C@@H](Nc1cncc(C(F)(F)F)n1)CO[C@@H]2CNC(=O)c1cnccn1. The molecule has 0 saturated carbocycles. The molecule has 2 aromatic rings. The summed E-state index contributed by atoms with van der Waals surface area (Å²) in [5.74, 6) is -1.43. The lowest BCUT2D eigenvalue weighted by Gasteiger charge is -2.37. The van der Waals surface area contributed by atoms with E-state index in [9.17, 15) is 18.0 Å². The van der Waals surface area contributed by atoms with Crippen LogP contribution in [0.2, 0.25) is 0 Å². The van der Waals surface area contributed by atoms with Crippen molar-refractivity contribution in [2.24, 2.45) is 0 Å². The molecule has 1 amide bonds. The largest absolute Gasteiger partial charge is 0.434 e. The molecule has 0 spiro atoms. The van der Waals surface area contributed by atoms with Gasteiger partial charge in [0.15, 0.2) is 11.5 Å². The summed E-state index contributed by atoms with van der Waals surface area (Å²) >= 11 is 0. The minimum absolute atomic E-state index is 0.0603. The van der Waals surface area contributed by atoms with E-state index < -0.39 is 47.9 Å². The van der Waals surface area contributed by atoms with Crippen molar-refractivity contribution in [3.8, 4) is 0 Å². The van der Waals surface area contributed by atoms with Crippen LogP contribution in [0.5, 0.6) is 0 Å². The van der Waals surface area contributed by atoms with Gasteiger partial charge >= 0.3 is 6.18 Å². The Morgan fingerprint density at radius 2 is 1.94 bits per heavy atom. The fourth-order valence-corrected chi connectivity index (χ4v) is 3.59. The molecule has 0 aromatic carbocycles. The number of nitrogens with zero attached hydrogens (tertiary/aromatic N) is 4. The van der Waals surface area contributed by atoms with Gasteiger partial charge in [-0.25, -0.2) is 9.97 Å². The van der Waals surface area contributed by atoms with Gasteiger partial charge in [0.05, 0.1) is 31.2 Å². The van der Waals surface area contributed by atoms with Gasteiger partial charge < -0.3 is 24.8 Å². The number of amides is 1. The van der Waals surface area contributed by atoms with Gasteiger partial charge in [-0.1, -0.05) is 0 Å². The summed E-state index contributed by atoms with van der Waals surface area (Å²) in [5, 5.41) is 5.63. The summed E-state index contributed by atoms with van der Waals surface area (Å²) in [6, 6.07) is -0.550. The molecule has 4 heterocycles. The number of nitrogens with one attached hydrogen (secondary N) is 2. The Balaban J connectivity index is 1.44. The molecule has 0 radical (unpaired) electrons. The van der Waals surface area contributed by atoms with Crippen LogP contribution in [0.15, 0.2) is 31.0 Å². The van der Waals surface area contributed by atoms with Gasteiger partial charge in [0.2, 0.25) is 0 Å². The van der Waals surface area contributed by atoms with E-state index >= 15 is 0 Å². The quantitative estimate of drug-likeness (QED) is 0.691. The molecule has 32 heavy (non-hydrogen) atoms. The molecule has 4 rings (SSSR count).